The largest absolute Gasteiger partial charge is 0.494 e. The number of hydrogen-bond acceptors (Lipinski definition) is 2. The highest BCUT2D eigenvalue weighted by atomic mass is 16.5. The lowest BCUT2D eigenvalue weighted by Gasteiger charge is -2.26. The van der Waals surface area contributed by atoms with Crippen molar-refractivity contribution in [1.29, 1.82) is 0 Å². The lowest BCUT2D eigenvalue weighted by molar-refractivity contribution is -0.929. The quantitative estimate of drug-likeness (QED) is 0.732. The normalized spacial score (nSPS) is 16.3. The van der Waals surface area contributed by atoms with Crippen molar-refractivity contribution in [2.75, 3.05) is 13.2 Å². The molecule has 0 aliphatic carbocycles. The summed E-state index contributed by atoms with van der Waals surface area (Å²) in [6.07, 6.45) is 2.03. The molecule has 4 rings (SSSR count). The average Bonchev–Trinajstić information content (AvgIpc) is 2.69. The van der Waals surface area contributed by atoms with Crippen LogP contribution < -0.4 is 15.1 Å². The summed E-state index contributed by atoms with van der Waals surface area (Å²) >= 11 is 0. The molecule has 1 aliphatic heterocycles. The maximum Gasteiger partial charge on any atom is 0.198 e. The Kier molecular flexibility index (Phi) is 4.99. The number of pyridine rings is 1. The van der Waals surface area contributed by atoms with Crippen molar-refractivity contribution >= 4 is 10.9 Å². The van der Waals surface area contributed by atoms with Gasteiger partial charge in [0.25, 0.3) is 0 Å². The first-order valence-corrected chi connectivity index (χ1v) is 9.84. The first-order valence-electron chi connectivity index (χ1n) is 9.84. The monoisotopic (exact) mass is 363 g/mol. The van der Waals surface area contributed by atoms with Gasteiger partial charge in [-0.2, -0.15) is 0 Å². The van der Waals surface area contributed by atoms with Crippen LogP contribution in [0.4, 0.5) is 0 Å². The highest BCUT2D eigenvalue weighted by Gasteiger charge is 2.22. The molecule has 0 radical (unpaired) electrons. The van der Waals surface area contributed by atoms with E-state index < -0.39 is 0 Å². The van der Waals surface area contributed by atoms with E-state index in [0.717, 1.165) is 60.4 Å². The van der Waals surface area contributed by atoms with E-state index in [9.17, 15) is 4.79 Å². The molecular formula is C23H27N2O2+. The molecule has 0 saturated carbocycles. The molecule has 0 fully saturated rings. The number of aromatic amines is 1. The Bertz CT molecular complexity index is 1020. The van der Waals surface area contributed by atoms with Crippen molar-refractivity contribution in [1.82, 2.24) is 4.98 Å². The third kappa shape index (κ3) is 3.62. The topological polar surface area (TPSA) is 46.5 Å². The molecule has 2 N–H and O–H groups in total. The van der Waals surface area contributed by atoms with Crippen LogP contribution in [0.5, 0.6) is 5.75 Å². The van der Waals surface area contributed by atoms with Gasteiger partial charge in [0.2, 0.25) is 0 Å². The number of quaternary nitrogens is 1. The van der Waals surface area contributed by atoms with E-state index in [2.05, 4.69) is 36.2 Å². The van der Waals surface area contributed by atoms with Crippen LogP contribution in [0.25, 0.3) is 10.9 Å². The van der Waals surface area contributed by atoms with Crippen molar-refractivity contribution in [2.24, 2.45) is 0 Å². The van der Waals surface area contributed by atoms with Crippen molar-refractivity contribution < 1.29 is 9.64 Å². The molecule has 0 bridgehead atoms. The number of aromatic nitrogens is 1. The van der Waals surface area contributed by atoms with E-state index in [1.54, 1.807) is 0 Å². The lowest BCUT2D eigenvalue weighted by atomic mass is 9.99. The minimum absolute atomic E-state index is 0.134. The molecule has 4 heteroatoms. The van der Waals surface area contributed by atoms with Crippen LogP contribution >= 0.6 is 0 Å². The van der Waals surface area contributed by atoms with Gasteiger partial charge in [0.1, 0.15) is 18.8 Å². The number of ether oxygens (including phenoxy) is 1. The summed E-state index contributed by atoms with van der Waals surface area (Å²) in [6, 6.07) is 14.4. The first kappa shape index (κ1) is 17.8. The predicted molar refractivity (Wildman–Crippen MR) is 108 cm³/mol. The molecular weight excluding hydrogens is 336 g/mol. The van der Waals surface area contributed by atoms with Crippen LogP contribution in [0, 0.1) is 6.92 Å². The molecule has 1 atom stereocenters. The van der Waals surface area contributed by atoms with Gasteiger partial charge >= 0.3 is 0 Å². The van der Waals surface area contributed by atoms with Gasteiger partial charge in [-0.25, -0.2) is 0 Å². The van der Waals surface area contributed by atoms with Crippen molar-refractivity contribution in [3.63, 3.8) is 0 Å². The van der Waals surface area contributed by atoms with Crippen molar-refractivity contribution in [3.8, 4) is 5.75 Å². The van der Waals surface area contributed by atoms with Crippen LogP contribution in [-0.4, -0.2) is 18.1 Å². The number of fused-ring (bicyclic) bond motifs is 2. The second-order valence-electron chi connectivity index (χ2n) is 7.49. The van der Waals surface area contributed by atoms with Crippen LogP contribution in [0.15, 0.2) is 47.3 Å². The molecule has 0 spiro atoms. The Morgan fingerprint density at radius 3 is 2.78 bits per heavy atom. The van der Waals surface area contributed by atoms with E-state index in [1.807, 2.05) is 25.1 Å². The second-order valence-corrected chi connectivity index (χ2v) is 7.49. The molecule has 1 unspecified atom stereocenters. The number of rotatable bonds is 5. The minimum atomic E-state index is 0.134. The van der Waals surface area contributed by atoms with Gasteiger partial charge in [0.05, 0.1) is 18.7 Å². The van der Waals surface area contributed by atoms with Crippen LogP contribution in [0.1, 0.15) is 35.7 Å². The molecule has 2 heterocycles. The van der Waals surface area contributed by atoms with E-state index in [4.69, 9.17) is 4.74 Å². The second kappa shape index (κ2) is 7.57. The van der Waals surface area contributed by atoms with Gasteiger partial charge in [-0.1, -0.05) is 31.2 Å². The first-order chi connectivity index (χ1) is 13.2. The zero-order valence-electron chi connectivity index (χ0n) is 16.1. The van der Waals surface area contributed by atoms with Crippen molar-refractivity contribution in [2.45, 2.75) is 39.8 Å². The fourth-order valence-electron chi connectivity index (χ4n) is 4.00. The predicted octanol–water partition coefficient (Wildman–Crippen LogP) is 2.77. The van der Waals surface area contributed by atoms with Gasteiger partial charge in [0.15, 0.2) is 5.43 Å². The number of hydrogen-bond donors (Lipinski definition) is 2. The number of H-pyrrole nitrogens is 1. The Morgan fingerprint density at radius 1 is 1.15 bits per heavy atom. The highest BCUT2D eigenvalue weighted by Crippen LogP contribution is 2.19. The highest BCUT2D eigenvalue weighted by molar-refractivity contribution is 5.81. The molecule has 0 saturated heterocycles. The average molecular weight is 363 g/mol. The zero-order valence-corrected chi connectivity index (χ0v) is 16.1. The van der Waals surface area contributed by atoms with E-state index in [-0.39, 0.29) is 5.43 Å². The molecule has 1 aromatic heterocycles. The molecule has 4 nitrogen and oxygen atoms in total. The molecule has 27 heavy (non-hydrogen) atoms. The standard InChI is InChI=1S/C23H26N2O2/c1-3-12-27-19-8-9-22-20(13-19)23(26)21(16(2)24-22)15-25-11-10-17-6-4-5-7-18(17)14-25/h4-9,13H,3,10-12,14-15H2,1-2H3,(H,24,26)/p+1. The summed E-state index contributed by atoms with van der Waals surface area (Å²) in [5, 5.41) is 0.723. The number of aryl methyl sites for hydroxylation is 1. The van der Waals surface area contributed by atoms with Gasteiger partial charge in [-0.15, -0.1) is 0 Å². The van der Waals surface area contributed by atoms with Crippen LogP contribution in [0.3, 0.4) is 0 Å². The van der Waals surface area contributed by atoms with Crippen molar-refractivity contribution in [3.05, 3.63) is 75.1 Å². The van der Waals surface area contributed by atoms with Gasteiger partial charge in [-0.3, -0.25) is 4.79 Å². The van der Waals surface area contributed by atoms with E-state index in [1.165, 1.54) is 16.0 Å². The third-order valence-corrected chi connectivity index (χ3v) is 5.49. The fraction of sp³-hybridized carbons (Fsp3) is 0.348. The van der Waals surface area contributed by atoms with E-state index >= 15 is 0 Å². The Balaban J connectivity index is 1.64. The maximum atomic E-state index is 13.2. The fourth-order valence-corrected chi connectivity index (χ4v) is 4.00. The number of benzene rings is 2. The summed E-state index contributed by atoms with van der Waals surface area (Å²) in [6.45, 7) is 7.55. The summed E-state index contributed by atoms with van der Waals surface area (Å²) in [7, 11) is 0. The third-order valence-electron chi connectivity index (χ3n) is 5.49. The van der Waals surface area contributed by atoms with Crippen LogP contribution in [0.2, 0.25) is 0 Å². The van der Waals surface area contributed by atoms with Gasteiger partial charge in [0, 0.05) is 28.6 Å². The maximum absolute atomic E-state index is 13.2. The number of nitrogens with one attached hydrogen (secondary N) is 2. The summed E-state index contributed by atoms with van der Waals surface area (Å²) in [5.74, 6) is 0.767. The van der Waals surface area contributed by atoms with E-state index in [0.29, 0.717) is 6.61 Å². The summed E-state index contributed by atoms with van der Waals surface area (Å²) in [4.78, 5) is 18.1. The molecule has 2 aromatic carbocycles. The van der Waals surface area contributed by atoms with Gasteiger partial charge < -0.3 is 14.6 Å². The SMILES string of the molecule is CCCOc1ccc2[nH]c(C)c(C[NH+]3CCc4ccccc4C3)c(=O)c2c1. The Hall–Kier alpha value is -2.59. The molecule has 1 aliphatic rings. The van der Waals surface area contributed by atoms with Crippen LogP contribution in [-0.2, 0) is 19.5 Å². The van der Waals surface area contributed by atoms with Gasteiger partial charge in [-0.05, 0) is 37.1 Å². The Labute approximate surface area is 159 Å². The summed E-state index contributed by atoms with van der Waals surface area (Å²) in [5.41, 5.74) is 5.73. The summed E-state index contributed by atoms with van der Waals surface area (Å²) < 4.78 is 5.72. The molecule has 0 amide bonds. The zero-order chi connectivity index (χ0) is 18.8. The minimum Gasteiger partial charge on any atom is -0.494 e. The smallest absolute Gasteiger partial charge is 0.198 e. The molecule has 3 aromatic rings. The molecule has 140 valence electrons. The lowest BCUT2D eigenvalue weighted by Crippen LogP contribution is -3.10. The Morgan fingerprint density at radius 2 is 1.96 bits per heavy atom.